The van der Waals surface area contributed by atoms with Gasteiger partial charge in [0.1, 0.15) is 6.54 Å². The Kier molecular flexibility index (Phi) is 10.0. The first-order chi connectivity index (χ1) is 16.5. The van der Waals surface area contributed by atoms with Crippen molar-refractivity contribution in [2.75, 3.05) is 19.6 Å². The number of hydrogen-bond donors (Lipinski definition) is 0. The molecule has 182 valence electrons. The Bertz CT molecular complexity index is 1030. The van der Waals surface area contributed by atoms with Gasteiger partial charge in [-0.15, -0.1) is 0 Å². The minimum Gasteiger partial charge on any atom is -0.459 e. The highest BCUT2D eigenvalue weighted by Gasteiger charge is 2.24. The molecule has 0 atom stereocenters. The molecule has 0 bridgehead atoms. The van der Waals surface area contributed by atoms with Crippen LogP contribution in [0.4, 0.5) is 0 Å². The molecule has 2 amide bonds. The average molecular weight is 528 g/mol. The van der Waals surface area contributed by atoms with Crippen LogP contribution in [0.3, 0.4) is 0 Å². The van der Waals surface area contributed by atoms with Gasteiger partial charge < -0.3 is 18.8 Å². The quantitative estimate of drug-likeness (QED) is 0.275. The number of unbranched alkanes of at least 4 members (excludes halogenated alkanes) is 2. The van der Waals surface area contributed by atoms with Gasteiger partial charge in [-0.25, -0.2) is 0 Å². The zero-order valence-corrected chi connectivity index (χ0v) is 21.7. The van der Waals surface area contributed by atoms with E-state index in [0.29, 0.717) is 19.6 Å². The number of benzene rings is 1. The van der Waals surface area contributed by atoms with Crippen LogP contribution < -0.4 is 0 Å². The molecular formula is C27H34BrN3O3. The molecule has 1 aromatic carbocycles. The number of carbonyl (C=O) groups is 2. The van der Waals surface area contributed by atoms with Crippen LogP contribution in [0.25, 0.3) is 0 Å². The van der Waals surface area contributed by atoms with Gasteiger partial charge in [0.25, 0.3) is 5.91 Å². The van der Waals surface area contributed by atoms with Crippen molar-refractivity contribution in [3.63, 3.8) is 0 Å². The molecule has 2 heterocycles. The lowest BCUT2D eigenvalue weighted by Crippen LogP contribution is -2.43. The van der Waals surface area contributed by atoms with Crippen LogP contribution in [0, 0.1) is 0 Å². The maximum atomic E-state index is 13.4. The smallest absolute Gasteiger partial charge is 0.290 e. The van der Waals surface area contributed by atoms with Crippen molar-refractivity contribution in [2.45, 2.75) is 52.6 Å². The van der Waals surface area contributed by atoms with Crippen LogP contribution >= 0.6 is 15.9 Å². The Morgan fingerprint density at radius 3 is 2.29 bits per heavy atom. The van der Waals surface area contributed by atoms with E-state index >= 15 is 0 Å². The second kappa shape index (κ2) is 13.2. The molecule has 0 spiro atoms. The third-order valence-electron chi connectivity index (χ3n) is 5.80. The first-order valence-corrected chi connectivity index (χ1v) is 12.8. The molecule has 34 heavy (non-hydrogen) atoms. The largest absolute Gasteiger partial charge is 0.459 e. The number of carbonyl (C=O) groups excluding carboxylic acids is 2. The van der Waals surface area contributed by atoms with Crippen molar-refractivity contribution in [3.8, 4) is 0 Å². The molecule has 3 aromatic rings. The van der Waals surface area contributed by atoms with Gasteiger partial charge in [0.15, 0.2) is 5.76 Å². The Labute approximate surface area is 210 Å². The van der Waals surface area contributed by atoms with Gasteiger partial charge in [-0.2, -0.15) is 0 Å². The van der Waals surface area contributed by atoms with E-state index in [1.54, 1.807) is 17.0 Å². The normalized spacial score (nSPS) is 10.9. The van der Waals surface area contributed by atoms with Gasteiger partial charge in [-0.05, 0) is 54.8 Å². The summed E-state index contributed by atoms with van der Waals surface area (Å²) in [5.74, 6) is -0.00547. The second-order valence-electron chi connectivity index (χ2n) is 8.48. The summed E-state index contributed by atoms with van der Waals surface area (Å²) in [6.45, 7) is 6.69. The third kappa shape index (κ3) is 7.35. The summed E-state index contributed by atoms with van der Waals surface area (Å²) in [7, 11) is 0. The van der Waals surface area contributed by atoms with Gasteiger partial charge in [0.2, 0.25) is 5.91 Å². The Balaban J connectivity index is 1.73. The Morgan fingerprint density at radius 1 is 0.941 bits per heavy atom. The number of furan rings is 1. The minimum absolute atomic E-state index is 0.0409. The van der Waals surface area contributed by atoms with Gasteiger partial charge >= 0.3 is 0 Å². The number of rotatable bonds is 13. The van der Waals surface area contributed by atoms with E-state index < -0.39 is 0 Å². The predicted octanol–water partition coefficient (Wildman–Crippen LogP) is 5.96. The molecule has 0 aliphatic carbocycles. The van der Waals surface area contributed by atoms with E-state index in [1.807, 2.05) is 29.3 Å². The van der Waals surface area contributed by atoms with Crippen molar-refractivity contribution in [1.82, 2.24) is 14.4 Å². The molecule has 7 heteroatoms. The summed E-state index contributed by atoms with van der Waals surface area (Å²) in [5.41, 5.74) is 2.27. The monoisotopic (exact) mass is 527 g/mol. The highest BCUT2D eigenvalue weighted by Crippen LogP contribution is 2.15. The maximum Gasteiger partial charge on any atom is 0.290 e. The van der Waals surface area contributed by atoms with Crippen molar-refractivity contribution >= 4 is 27.7 Å². The molecule has 3 rings (SSSR count). The fourth-order valence-electron chi connectivity index (χ4n) is 3.79. The number of aromatic nitrogens is 1. The molecule has 0 saturated carbocycles. The zero-order chi connectivity index (χ0) is 24.3. The van der Waals surface area contributed by atoms with Gasteiger partial charge in [0.05, 0.1) is 12.8 Å². The lowest BCUT2D eigenvalue weighted by Gasteiger charge is -2.28. The second-order valence-corrected chi connectivity index (χ2v) is 9.40. The lowest BCUT2D eigenvalue weighted by molar-refractivity contribution is -0.132. The fraction of sp³-hybridized carbons (Fsp3) is 0.407. The summed E-state index contributed by atoms with van der Waals surface area (Å²) < 4.78 is 8.54. The Hall–Kier alpha value is -2.80. The van der Waals surface area contributed by atoms with Crippen LogP contribution in [-0.4, -0.2) is 45.8 Å². The average Bonchev–Trinajstić information content (AvgIpc) is 3.53. The number of halogens is 1. The molecule has 0 aliphatic heterocycles. The van der Waals surface area contributed by atoms with Gasteiger partial charge in [-0.1, -0.05) is 54.8 Å². The highest BCUT2D eigenvalue weighted by molar-refractivity contribution is 9.10. The predicted molar refractivity (Wildman–Crippen MR) is 138 cm³/mol. The van der Waals surface area contributed by atoms with E-state index in [-0.39, 0.29) is 24.1 Å². The van der Waals surface area contributed by atoms with Crippen LogP contribution in [0.5, 0.6) is 0 Å². The maximum absolute atomic E-state index is 13.4. The molecular weight excluding hydrogens is 494 g/mol. The van der Waals surface area contributed by atoms with Crippen molar-refractivity contribution in [2.24, 2.45) is 0 Å². The van der Waals surface area contributed by atoms with E-state index in [2.05, 4.69) is 52.5 Å². The molecule has 0 fully saturated rings. The summed E-state index contributed by atoms with van der Waals surface area (Å²) in [6, 6.07) is 15.7. The summed E-state index contributed by atoms with van der Waals surface area (Å²) in [4.78, 5) is 29.8. The molecule has 2 aromatic heterocycles. The Morgan fingerprint density at radius 2 is 1.65 bits per heavy atom. The lowest BCUT2D eigenvalue weighted by atomic mass is 10.2. The SMILES string of the molecule is CCCCN(Cc1cccn1Cc1ccc(Br)cc1)C(=O)CN(CCCC)C(=O)c1ccco1. The van der Waals surface area contributed by atoms with E-state index in [9.17, 15) is 9.59 Å². The van der Waals surface area contributed by atoms with Crippen molar-refractivity contribution < 1.29 is 14.0 Å². The number of hydrogen-bond acceptors (Lipinski definition) is 3. The van der Waals surface area contributed by atoms with Crippen LogP contribution in [-0.2, 0) is 17.9 Å². The summed E-state index contributed by atoms with van der Waals surface area (Å²) in [5, 5.41) is 0. The highest BCUT2D eigenvalue weighted by atomic mass is 79.9. The van der Waals surface area contributed by atoms with E-state index in [0.717, 1.165) is 42.4 Å². The molecule has 6 nitrogen and oxygen atoms in total. The standard InChI is InChI=1S/C27H34BrN3O3/c1-3-5-15-30(20-24-9-7-17-29(24)19-22-11-13-23(28)14-12-22)26(32)21-31(16-6-4-2)27(33)25-10-8-18-34-25/h7-14,17-18H,3-6,15-16,19-21H2,1-2H3. The van der Waals surface area contributed by atoms with Gasteiger partial charge in [0, 0.05) is 36.0 Å². The van der Waals surface area contributed by atoms with Gasteiger partial charge in [-0.3, -0.25) is 9.59 Å². The van der Waals surface area contributed by atoms with Crippen molar-refractivity contribution in [1.29, 1.82) is 0 Å². The molecule has 0 aliphatic rings. The molecule has 0 unspecified atom stereocenters. The number of nitrogens with zero attached hydrogens (tertiary/aromatic N) is 3. The third-order valence-corrected chi connectivity index (χ3v) is 6.33. The molecule has 0 N–H and O–H groups in total. The van der Waals surface area contributed by atoms with Crippen LogP contribution in [0.15, 0.2) is 69.9 Å². The van der Waals surface area contributed by atoms with Crippen LogP contribution in [0.2, 0.25) is 0 Å². The number of amides is 2. The van der Waals surface area contributed by atoms with Crippen molar-refractivity contribution in [3.05, 3.63) is 82.5 Å². The first kappa shape index (κ1) is 25.8. The minimum atomic E-state index is -0.235. The van der Waals surface area contributed by atoms with Crippen LogP contribution in [0.1, 0.15) is 61.3 Å². The first-order valence-electron chi connectivity index (χ1n) is 12.0. The summed E-state index contributed by atoms with van der Waals surface area (Å²) >= 11 is 3.48. The summed E-state index contributed by atoms with van der Waals surface area (Å²) in [6.07, 6.45) is 7.23. The fourth-order valence-corrected chi connectivity index (χ4v) is 4.06. The van der Waals surface area contributed by atoms with E-state index in [4.69, 9.17) is 4.42 Å². The zero-order valence-electron chi connectivity index (χ0n) is 20.1. The van der Waals surface area contributed by atoms with E-state index in [1.165, 1.54) is 11.8 Å². The molecule has 0 radical (unpaired) electrons. The molecule has 0 saturated heterocycles. The topological polar surface area (TPSA) is 58.7 Å².